The molecule has 2 aromatic carbocycles. The van der Waals surface area contributed by atoms with E-state index in [1.54, 1.807) is 17.2 Å². The summed E-state index contributed by atoms with van der Waals surface area (Å²) >= 11 is 6.28. The number of piperidine rings is 1. The summed E-state index contributed by atoms with van der Waals surface area (Å²) < 4.78 is 0. The van der Waals surface area contributed by atoms with Crippen LogP contribution in [0.4, 0.5) is 4.79 Å². The first-order valence-electron chi connectivity index (χ1n) is 10.9. The summed E-state index contributed by atoms with van der Waals surface area (Å²) in [5.74, 6) is 0.240. The van der Waals surface area contributed by atoms with Crippen molar-refractivity contribution in [1.82, 2.24) is 20.6 Å². The third kappa shape index (κ3) is 4.75. The monoisotopic (exact) mass is 456 g/mol. The summed E-state index contributed by atoms with van der Waals surface area (Å²) in [5.41, 5.74) is 4.69. The van der Waals surface area contributed by atoms with Crippen LogP contribution in [0.5, 0.6) is 0 Å². The van der Waals surface area contributed by atoms with Crippen molar-refractivity contribution in [3.8, 4) is 0 Å². The number of carbonyl (C=O) groups excluding carboxylic acids is 1. The second-order valence-electron chi connectivity index (χ2n) is 9.00. The quantitative estimate of drug-likeness (QED) is 0.463. The van der Waals surface area contributed by atoms with Crippen LogP contribution >= 0.6 is 11.6 Å². The number of urea groups is 1. The topological polar surface area (TPSA) is 90.5 Å². The minimum absolute atomic E-state index is 0.230. The van der Waals surface area contributed by atoms with Gasteiger partial charge in [0.05, 0.1) is 24.4 Å². The third-order valence-corrected chi connectivity index (χ3v) is 6.84. The molecule has 0 spiro atoms. The van der Waals surface area contributed by atoms with Gasteiger partial charge in [-0.05, 0) is 41.9 Å². The van der Waals surface area contributed by atoms with E-state index < -0.39 is 11.5 Å². The molecule has 170 valence electrons. The highest BCUT2D eigenvalue weighted by Gasteiger charge is 2.40. The lowest BCUT2D eigenvalue weighted by Crippen LogP contribution is -2.47. The maximum Gasteiger partial charge on any atom is 0.341 e. The largest absolute Gasteiger partial charge is 0.388 e. The van der Waals surface area contributed by atoms with E-state index in [-0.39, 0.29) is 11.9 Å². The molecule has 3 N–H and O–H groups in total. The van der Waals surface area contributed by atoms with Gasteiger partial charge in [-0.25, -0.2) is 10.3 Å². The first-order valence-corrected chi connectivity index (χ1v) is 11.3. The fourth-order valence-corrected chi connectivity index (χ4v) is 4.77. The van der Waals surface area contributed by atoms with Crippen molar-refractivity contribution in [1.29, 1.82) is 0 Å². The summed E-state index contributed by atoms with van der Waals surface area (Å²) in [7, 11) is 0. The molecule has 32 heavy (non-hydrogen) atoms. The lowest BCUT2D eigenvalue weighted by Gasteiger charge is -2.43. The standard InChI is InChI=1S/C24H29ClN4O3/c1-24(2,22(30)20-13-19(25)12-17-14-26-27-21(17)20)18-8-10-29(11-9-18)23(31)28-32-15-16-6-4-3-5-7-16/h3-7,12-14,18,22,30H,8-11,15H2,1-2H3,(H,26,27)(H,28,31). The Balaban J connectivity index is 1.34. The number of hydroxylamine groups is 1. The molecule has 1 fully saturated rings. The van der Waals surface area contributed by atoms with Crippen LogP contribution in [0.1, 0.15) is 43.9 Å². The number of nitrogens with zero attached hydrogens (tertiary/aromatic N) is 2. The molecule has 0 radical (unpaired) electrons. The zero-order chi connectivity index (χ0) is 22.7. The van der Waals surface area contributed by atoms with E-state index in [1.807, 2.05) is 36.4 Å². The minimum Gasteiger partial charge on any atom is -0.388 e. The number of likely N-dealkylation sites (tertiary alicyclic amines) is 1. The highest BCUT2D eigenvalue weighted by Crippen LogP contribution is 2.46. The molecule has 0 saturated carbocycles. The molecule has 1 aromatic heterocycles. The normalized spacial score (nSPS) is 16.3. The van der Waals surface area contributed by atoms with Crippen molar-refractivity contribution >= 4 is 28.5 Å². The second-order valence-corrected chi connectivity index (χ2v) is 9.43. The maximum atomic E-state index is 12.5. The number of aliphatic hydroxyl groups is 1. The Morgan fingerprint density at radius 3 is 2.75 bits per heavy atom. The highest BCUT2D eigenvalue weighted by molar-refractivity contribution is 6.31. The maximum absolute atomic E-state index is 12.5. The number of fused-ring (bicyclic) bond motifs is 1. The molecule has 0 aliphatic carbocycles. The first kappa shape index (κ1) is 22.6. The van der Waals surface area contributed by atoms with Crippen LogP contribution in [-0.2, 0) is 11.4 Å². The van der Waals surface area contributed by atoms with Crippen molar-refractivity contribution in [3.05, 3.63) is 64.8 Å². The van der Waals surface area contributed by atoms with Gasteiger partial charge in [-0.15, -0.1) is 0 Å². The van der Waals surface area contributed by atoms with Crippen molar-refractivity contribution in [2.24, 2.45) is 11.3 Å². The van der Waals surface area contributed by atoms with Crippen LogP contribution in [0, 0.1) is 11.3 Å². The number of aromatic amines is 1. The number of carbonyl (C=O) groups is 1. The molecule has 1 atom stereocenters. The molecule has 1 saturated heterocycles. The Labute approximate surface area is 192 Å². The molecule has 7 nitrogen and oxygen atoms in total. The molecule has 2 amide bonds. The summed E-state index contributed by atoms with van der Waals surface area (Å²) in [4.78, 5) is 19.6. The number of amides is 2. The lowest BCUT2D eigenvalue weighted by molar-refractivity contribution is -0.0187. The average molecular weight is 457 g/mol. The number of aromatic nitrogens is 2. The first-order chi connectivity index (χ1) is 15.4. The van der Waals surface area contributed by atoms with E-state index in [9.17, 15) is 9.90 Å². The van der Waals surface area contributed by atoms with Crippen LogP contribution in [0.25, 0.3) is 10.9 Å². The highest BCUT2D eigenvalue weighted by atomic mass is 35.5. The Kier molecular flexibility index (Phi) is 6.69. The number of rotatable bonds is 6. The molecule has 1 unspecified atom stereocenters. The number of hydrogen-bond acceptors (Lipinski definition) is 4. The van der Waals surface area contributed by atoms with Crippen molar-refractivity contribution in [2.45, 2.75) is 39.4 Å². The number of halogens is 1. The Hall–Kier alpha value is -2.61. The van der Waals surface area contributed by atoms with Gasteiger partial charge in [0.25, 0.3) is 0 Å². The van der Waals surface area contributed by atoms with E-state index in [4.69, 9.17) is 16.4 Å². The Morgan fingerprint density at radius 1 is 1.31 bits per heavy atom. The number of aliphatic hydroxyl groups excluding tert-OH is 1. The van der Waals surface area contributed by atoms with Crippen LogP contribution in [0.2, 0.25) is 5.02 Å². The van der Waals surface area contributed by atoms with E-state index >= 15 is 0 Å². The van der Waals surface area contributed by atoms with E-state index in [0.29, 0.717) is 24.7 Å². The summed E-state index contributed by atoms with van der Waals surface area (Å²) in [6, 6.07) is 13.1. The molecule has 0 bridgehead atoms. The fourth-order valence-electron chi connectivity index (χ4n) is 4.53. The van der Waals surface area contributed by atoms with Crippen LogP contribution in [-0.4, -0.2) is 39.3 Å². The zero-order valence-electron chi connectivity index (χ0n) is 18.3. The van der Waals surface area contributed by atoms with Gasteiger partial charge >= 0.3 is 6.03 Å². The molecule has 1 aliphatic heterocycles. The van der Waals surface area contributed by atoms with E-state index in [2.05, 4.69) is 29.5 Å². The summed E-state index contributed by atoms with van der Waals surface area (Å²) in [5, 5.41) is 19.9. The number of hydrogen-bond donors (Lipinski definition) is 3. The predicted molar refractivity (Wildman–Crippen MR) is 124 cm³/mol. The Bertz CT molecular complexity index is 1060. The van der Waals surface area contributed by atoms with Gasteiger partial charge in [0.2, 0.25) is 0 Å². The van der Waals surface area contributed by atoms with Gasteiger partial charge in [0.1, 0.15) is 0 Å². The van der Waals surface area contributed by atoms with Crippen LogP contribution in [0.15, 0.2) is 48.7 Å². The number of nitrogens with one attached hydrogen (secondary N) is 2. The summed E-state index contributed by atoms with van der Waals surface area (Å²) in [6.07, 6.45) is 2.58. The minimum atomic E-state index is -0.719. The molecular formula is C24H29ClN4O3. The number of H-pyrrole nitrogens is 1. The van der Waals surface area contributed by atoms with Gasteiger partial charge in [-0.3, -0.25) is 9.94 Å². The van der Waals surface area contributed by atoms with Crippen LogP contribution in [0.3, 0.4) is 0 Å². The molecule has 8 heteroatoms. The van der Waals surface area contributed by atoms with Gasteiger partial charge in [0.15, 0.2) is 0 Å². The molecular weight excluding hydrogens is 428 g/mol. The van der Waals surface area contributed by atoms with Gasteiger partial charge in [-0.1, -0.05) is 55.8 Å². The molecule has 2 heterocycles. The second kappa shape index (κ2) is 9.48. The van der Waals surface area contributed by atoms with Crippen LogP contribution < -0.4 is 5.48 Å². The van der Waals surface area contributed by atoms with Crippen molar-refractivity contribution < 1.29 is 14.7 Å². The smallest absolute Gasteiger partial charge is 0.341 e. The zero-order valence-corrected chi connectivity index (χ0v) is 19.1. The third-order valence-electron chi connectivity index (χ3n) is 6.62. The van der Waals surface area contributed by atoms with Gasteiger partial charge < -0.3 is 10.0 Å². The molecule has 4 rings (SSSR count). The number of benzene rings is 2. The molecule has 1 aliphatic rings. The molecule has 3 aromatic rings. The van der Waals surface area contributed by atoms with Gasteiger partial charge in [0, 0.05) is 29.1 Å². The SMILES string of the molecule is CC(C)(C1CCN(C(=O)NOCc2ccccc2)CC1)C(O)c1cc(Cl)cc2cn[nH]c12. The summed E-state index contributed by atoms with van der Waals surface area (Å²) in [6.45, 7) is 5.69. The van der Waals surface area contributed by atoms with Crippen molar-refractivity contribution in [3.63, 3.8) is 0 Å². The van der Waals surface area contributed by atoms with E-state index in [1.165, 1.54) is 0 Å². The fraction of sp³-hybridized carbons (Fsp3) is 0.417. The average Bonchev–Trinajstić information content (AvgIpc) is 3.27. The van der Waals surface area contributed by atoms with Gasteiger partial charge in [-0.2, -0.15) is 5.10 Å². The van der Waals surface area contributed by atoms with E-state index in [0.717, 1.165) is 34.9 Å². The predicted octanol–water partition coefficient (Wildman–Crippen LogP) is 4.83. The van der Waals surface area contributed by atoms with Crippen molar-refractivity contribution in [2.75, 3.05) is 13.1 Å². The lowest BCUT2D eigenvalue weighted by atomic mass is 9.68. The Morgan fingerprint density at radius 2 is 2.03 bits per heavy atom.